The van der Waals surface area contributed by atoms with Gasteiger partial charge in [0.25, 0.3) is 0 Å². The number of halogens is 2. The maximum absolute atomic E-state index is 12.9. The van der Waals surface area contributed by atoms with Gasteiger partial charge in [0.05, 0.1) is 18.2 Å². The molecule has 1 amide bonds. The van der Waals surface area contributed by atoms with Gasteiger partial charge in [-0.25, -0.2) is 12.7 Å². The van der Waals surface area contributed by atoms with Gasteiger partial charge in [-0.2, -0.15) is 0 Å². The highest BCUT2D eigenvalue weighted by molar-refractivity contribution is 7.88. The molecule has 1 aliphatic heterocycles. The van der Waals surface area contributed by atoms with Crippen molar-refractivity contribution in [1.29, 1.82) is 0 Å². The van der Waals surface area contributed by atoms with E-state index in [4.69, 9.17) is 27.9 Å². The number of aryl methyl sites for hydroxylation is 1. The van der Waals surface area contributed by atoms with Gasteiger partial charge in [0.2, 0.25) is 15.9 Å². The standard InChI is InChI=1S/C23H28Cl2N2O4S/c1-16-5-3-7-22(17(16)2)31-12-10-26-23(28)18-6-4-11-27(14-18)32(29,30)15-19-8-9-20(24)13-21(19)25/h3,5,7-9,13,18H,4,6,10-12,14-15H2,1-2H3,(H,26,28). The molecule has 0 aliphatic carbocycles. The minimum Gasteiger partial charge on any atom is -0.491 e. The van der Waals surface area contributed by atoms with Crippen LogP contribution in [0.3, 0.4) is 0 Å². The number of nitrogens with zero attached hydrogens (tertiary/aromatic N) is 1. The van der Waals surface area contributed by atoms with Gasteiger partial charge in [0, 0.05) is 23.1 Å². The number of ether oxygens (including phenoxy) is 1. The second-order valence-corrected chi connectivity index (χ2v) is 10.8. The molecule has 1 unspecified atom stereocenters. The zero-order chi connectivity index (χ0) is 23.3. The second-order valence-electron chi connectivity index (χ2n) is 8.03. The molecule has 2 aromatic carbocycles. The topological polar surface area (TPSA) is 75.7 Å². The van der Waals surface area contributed by atoms with Crippen LogP contribution in [0.5, 0.6) is 5.75 Å². The minimum atomic E-state index is -3.61. The third-order valence-corrected chi connectivity index (χ3v) is 8.10. The van der Waals surface area contributed by atoms with E-state index < -0.39 is 10.0 Å². The number of rotatable bonds is 8. The van der Waals surface area contributed by atoms with Gasteiger partial charge in [-0.15, -0.1) is 0 Å². The molecule has 9 heteroatoms. The zero-order valence-corrected chi connectivity index (χ0v) is 20.6. The number of hydrogen-bond donors (Lipinski definition) is 1. The first-order valence-corrected chi connectivity index (χ1v) is 12.9. The van der Waals surface area contributed by atoms with E-state index in [0.717, 1.165) is 16.9 Å². The van der Waals surface area contributed by atoms with E-state index >= 15 is 0 Å². The van der Waals surface area contributed by atoms with Crippen molar-refractivity contribution in [3.63, 3.8) is 0 Å². The van der Waals surface area contributed by atoms with Crippen LogP contribution in [0.25, 0.3) is 0 Å². The largest absolute Gasteiger partial charge is 0.491 e. The van der Waals surface area contributed by atoms with Crippen molar-refractivity contribution in [3.8, 4) is 5.75 Å². The summed E-state index contributed by atoms with van der Waals surface area (Å²) in [5.41, 5.74) is 2.72. The first kappa shape index (κ1) is 24.8. The maximum atomic E-state index is 12.9. The van der Waals surface area contributed by atoms with Gasteiger partial charge < -0.3 is 10.1 Å². The van der Waals surface area contributed by atoms with E-state index in [1.54, 1.807) is 12.1 Å². The van der Waals surface area contributed by atoms with Gasteiger partial charge in [-0.1, -0.05) is 41.4 Å². The third-order valence-electron chi connectivity index (χ3n) is 5.72. The lowest BCUT2D eigenvalue weighted by Crippen LogP contribution is -2.46. The number of nitrogens with one attached hydrogen (secondary N) is 1. The molecule has 1 atom stereocenters. The lowest BCUT2D eigenvalue weighted by Gasteiger charge is -2.31. The summed E-state index contributed by atoms with van der Waals surface area (Å²) < 4.78 is 33.0. The Bertz CT molecular complexity index is 1080. The Hall–Kier alpha value is -1.80. The lowest BCUT2D eigenvalue weighted by molar-refractivity contribution is -0.126. The first-order valence-electron chi connectivity index (χ1n) is 10.6. The SMILES string of the molecule is Cc1cccc(OCCNC(=O)C2CCCN(S(=O)(=O)Cc3ccc(Cl)cc3Cl)C2)c1C. The van der Waals surface area contributed by atoms with Crippen molar-refractivity contribution < 1.29 is 17.9 Å². The van der Waals surface area contributed by atoms with Crippen molar-refractivity contribution in [2.45, 2.75) is 32.4 Å². The smallest absolute Gasteiger partial charge is 0.224 e. The Morgan fingerprint density at radius 3 is 2.75 bits per heavy atom. The molecule has 0 saturated carbocycles. The van der Waals surface area contributed by atoms with Crippen LogP contribution in [-0.4, -0.2) is 44.9 Å². The van der Waals surface area contributed by atoms with Crippen molar-refractivity contribution in [2.24, 2.45) is 5.92 Å². The molecule has 32 heavy (non-hydrogen) atoms. The molecule has 2 aromatic rings. The highest BCUT2D eigenvalue weighted by atomic mass is 35.5. The zero-order valence-electron chi connectivity index (χ0n) is 18.2. The summed E-state index contributed by atoms with van der Waals surface area (Å²) >= 11 is 12.0. The molecule has 174 valence electrons. The number of piperidine rings is 1. The molecule has 1 aliphatic rings. The molecule has 1 saturated heterocycles. The second kappa shape index (κ2) is 10.9. The summed E-state index contributed by atoms with van der Waals surface area (Å²) in [5.74, 6) is 0.0371. The average Bonchev–Trinajstić information content (AvgIpc) is 2.76. The number of amides is 1. The number of hydrogen-bond acceptors (Lipinski definition) is 4. The Morgan fingerprint density at radius 2 is 2.00 bits per heavy atom. The maximum Gasteiger partial charge on any atom is 0.224 e. The average molecular weight is 499 g/mol. The van der Waals surface area contributed by atoms with Gasteiger partial charge in [-0.3, -0.25) is 4.79 Å². The highest BCUT2D eigenvalue weighted by Crippen LogP contribution is 2.26. The quantitative estimate of drug-likeness (QED) is 0.549. The molecule has 1 heterocycles. The van der Waals surface area contributed by atoms with E-state index in [2.05, 4.69) is 5.32 Å². The van der Waals surface area contributed by atoms with E-state index in [-0.39, 0.29) is 24.1 Å². The predicted octanol–water partition coefficient (Wildman–Crippen LogP) is 4.35. The molecule has 3 rings (SSSR count). The number of sulfonamides is 1. The molecule has 6 nitrogen and oxygen atoms in total. The summed E-state index contributed by atoms with van der Waals surface area (Å²) in [4.78, 5) is 12.6. The summed E-state index contributed by atoms with van der Waals surface area (Å²) in [6.07, 6.45) is 1.28. The molecule has 1 N–H and O–H groups in total. The molecule has 0 aromatic heterocycles. The van der Waals surface area contributed by atoms with Crippen LogP contribution in [0.4, 0.5) is 0 Å². The van der Waals surface area contributed by atoms with Crippen LogP contribution < -0.4 is 10.1 Å². The first-order chi connectivity index (χ1) is 15.2. The fraction of sp³-hybridized carbons (Fsp3) is 0.435. The third kappa shape index (κ3) is 6.38. The molecule has 1 fully saturated rings. The monoisotopic (exact) mass is 498 g/mol. The van der Waals surface area contributed by atoms with Crippen molar-refractivity contribution >= 4 is 39.1 Å². The lowest BCUT2D eigenvalue weighted by atomic mass is 9.99. The van der Waals surface area contributed by atoms with Crippen LogP contribution in [0.1, 0.15) is 29.5 Å². The molecule has 0 spiro atoms. The van der Waals surface area contributed by atoms with E-state index in [9.17, 15) is 13.2 Å². The number of benzene rings is 2. The molecular weight excluding hydrogens is 471 g/mol. The summed E-state index contributed by atoms with van der Waals surface area (Å²) in [7, 11) is -3.61. The van der Waals surface area contributed by atoms with E-state index in [1.807, 2.05) is 32.0 Å². The van der Waals surface area contributed by atoms with Gasteiger partial charge >= 0.3 is 0 Å². The van der Waals surface area contributed by atoms with Crippen molar-refractivity contribution in [3.05, 3.63) is 63.1 Å². The van der Waals surface area contributed by atoms with Gasteiger partial charge in [0.1, 0.15) is 12.4 Å². The van der Waals surface area contributed by atoms with Crippen LogP contribution in [0.2, 0.25) is 10.0 Å². The Labute approximate surface area is 199 Å². The minimum absolute atomic E-state index is 0.154. The number of carbonyl (C=O) groups is 1. The van der Waals surface area contributed by atoms with Gasteiger partial charge in [-0.05, 0) is 61.6 Å². The molecule has 0 bridgehead atoms. The normalized spacial score (nSPS) is 17.2. The predicted molar refractivity (Wildman–Crippen MR) is 128 cm³/mol. The Kier molecular flexibility index (Phi) is 8.44. The molecular formula is C23H28Cl2N2O4S. The van der Waals surface area contributed by atoms with Crippen LogP contribution in [-0.2, 0) is 20.6 Å². The summed E-state index contributed by atoms with van der Waals surface area (Å²) in [5, 5.41) is 3.64. The van der Waals surface area contributed by atoms with Crippen LogP contribution in [0, 0.1) is 19.8 Å². The highest BCUT2D eigenvalue weighted by Gasteiger charge is 2.32. The fourth-order valence-corrected chi connectivity index (χ4v) is 5.89. The molecule has 0 radical (unpaired) electrons. The number of carbonyl (C=O) groups excluding carboxylic acids is 1. The Morgan fingerprint density at radius 1 is 1.22 bits per heavy atom. The van der Waals surface area contributed by atoms with Crippen LogP contribution >= 0.6 is 23.2 Å². The van der Waals surface area contributed by atoms with E-state index in [1.165, 1.54) is 10.4 Å². The van der Waals surface area contributed by atoms with E-state index in [0.29, 0.717) is 48.1 Å². The van der Waals surface area contributed by atoms with Crippen molar-refractivity contribution in [1.82, 2.24) is 9.62 Å². The fourth-order valence-electron chi connectivity index (χ4n) is 3.70. The van der Waals surface area contributed by atoms with Gasteiger partial charge in [0.15, 0.2) is 0 Å². The van der Waals surface area contributed by atoms with Crippen LogP contribution in [0.15, 0.2) is 36.4 Å². The van der Waals surface area contributed by atoms with Crippen molar-refractivity contribution in [2.75, 3.05) is 26.2 Å². The summed E-state index contributed by atoms with van der Waals surface area (Å²) in [6.45, 7) is 5.28. The Balaban J connectivity index is 1.52. The summed E-state index contributed by atoms with van der Waals surface area (Å²) in [6, 6.07) is 10.6.